The lowest BCUT2D eigenvalue weighted by atomic mass is 9.68. The summed E-state index contributed by atoms with van der Waals surface area (Å²) >= 11 is 0. The molecule has 458 valence electrons. The molecule has 2 aliphatic rings. The van der Waals surface area contributed by atoms with Gasteiger partial charge < -0.3 is 18.3 Å². The van der Waals surface area contributed by atoms with E-state index >= 15 is 0 Å². The van der Waals surface area contributed by atoms with Crippen molar-refractivity contribution < 1.29 is 0 Å². The molecular weight excluding hydrogens is 1190 g/mol. The van der Waals surface area contributed by atoms with Crippen LogP contribution in [0.1, 0.15) is 47.2 Å². The van der Waals surface area contributed by atoms with Gasteiger partial charge in [0.15, 0.2) is 0 Å². The number of nitrogens with zero attached hydrogens (tertiary/aromatic N) is 4. The van der Waals surface area contributed by atoms with E-state index in [0.29, 0.717) is 0 Å². The Labute approximate surface area is 567 Å². The Bertz CT molecular complexity index is 6440. The van der Waals surface area contributed by atoms with E-state index in [2.05, 4.69) is 372 Å². The maximum Gasteiger partial charge on any atom is 0.0713 e. The fraction of sp³-hybridized carbons (Fsp3) is 0.0426. The Balaban J connectivity index is 0.840. The molecule has 4 heterocycles. The van der Waals surface area contributed by atoms with Gasteiger partial charge in [-0.15, -0.1) is 0 Å². The van der Waals surface area contributed by atoms with Crippen molar-refractivity contribution in [1.29, 1.82) is 0 Å². The van der Waals surface area contributed by atoms with E-state index in [1.807, 2.05) is 0 Å². The number of fused-ring (bicyclic) bond motifs is 18. The molecule has 0 atom stereocenters. The molecule has 0 amide bonds. The van der Waals surface area contributed by atoms with Gasteiger partial charge in [0.25, 0.3) is 0 Å². The molecule has 0 fully saturated rings. The maximum atomic E-state index is 2.55. The number of aromatic nitrogens is 4. The second-order valence-corrected chi connectivity index (χ2v) is 27.5. The van der Waals surface area contributed by atoms with E-state index in [9.17, 15) is 0 Å². The van der Waals surface area contributed by atoms with Gasteiger partial charge in [-0.25, -0.2) is 0 Å². The van der Waals surface area contributed by atoms with Crippen LogP contribution >= 0.6 is 0 Å². The van der Waals surface area contributed by atoms with E-state index < -0.39 is 5.41 Å². The number of hydrogen-bond donors (Lipinski definition) is 0. The van der Waals surface area contributed by atoms with Crippen LogP contribution in [0.5, 0.6) is 0 Å². The molecule has 0 saturated carbocycles. The van der Waals surface area contributed by atoms with Crippen molar-refractivity contribution in [2.75, 3.05) is 0 Å². The fourth-order valence-electron chi connectivity index (χ4n) is 18.1. The first kappa shape index (κ1) is 54.8. The topological polar surface area (TPSA) is 19.7 Å². The zero-order valence-corrected chi connectivity index (χ0v) is 54.1. The lowest BCUT2D eigenvalue weighted by Crippen LogP contribution is -2.28. The first-order valence-corrected chi connectivity index (χ1v) is 34.2. The average Bonchev–Trinajstić information content (AvgIpc) is 1.77. The molecule has 2 aliphatic carbocycles. The monoisotopic (exact) mass is 1250 g/mol. The highest BCUT2D eigenvalue weighted by molar-refractivity contribution is 6.20. The average molecular weight is 1250 g/mol. The smallest absolute Gasteiger partial charge is 0.0713 e. The zero-order chi connectivity index (χ0) is 64.5. The standard InChI is InChI=1S/C94H62N4/c1-93(2)77-38-16-9-31-67(77)75-54-60(48-51-78(75)93)59-25-23-30-65(53-59)96-86-45-24-46-87(97-81-40-18-11-33-69(81)70-34-12-19-41-82(70)97)91(86)74-50-47-61(55-88(74)96)62-56-89-92(90(57-62)98-83-42-20-13-35-71(83)72-36-14-21-43-84(72)98)73-37-15-22-44-85(73)95(89)66-49-52-80-76(58-66)68-32-10-17-39-79(68)94(80,63-26-5-3-6-27-63)64-28-7-4-8-29-64/h3-58H,1-2H3. The summed E-state index contributed by atoms with van der Waals surface area (Å²) in [5.74, 6) is 0. The Morgan fingerprint density at radius 2 is 0.633 bits per heavy atom. The van der Waals surface area contributed by atoms with Gasteiger partial charge in [-0.1, -0.05) is 263 Å². The van der Waals surface area contributed by atoms with E-state index in [4.69, 9.17) is 0 Å². The van der Waals surface area contributed by atoms with E-state index in [0.717, 1.165) is 55.9 Å². The molecule has 19 aromatic rings. The Kier molecular flexibility index (Phi) is 11.5. The number of hydrogen-bond acceptors (Lipinski definition) is 0. The van der Waals surface area contributed by atoms with Crippen LogP contribution in [0, 0.1) is 0 Å². The van der Waals surface area contributed by atoms with Crippen LogP contribution in [0.4, 0.5) is 0 Å². The van der Waals surface area contributed by atoms with Crippen molar-refractivity contribution in [3.8, 4) is 67.3 Å². The summed E-state index contributed by atoms with van der Waals surface area (Å²) < 4.78 is 10.1. The van der Waals surface area contributed by atoms with Crippen molar-refractivity contribution in [1.82, 2.24) is 18.3 Å². The second kappa shape index (κ2) is 20.5. The number of para-hydroxylation sites is 5. The molecule has 4 aromatic heterocycles. The normalized spacial score (nSPS) is 13.6. The van der Waals surface area contributed by atoms with Crippen LogP contribution in [-0.4, -0.2) is 18.3 Å². The summed E-state index contributed by atoms with van der Waals surface area (Å²) in [5, 5.41) is 9.70. The lowest BCUT2D eigenvalue weighted by molar-refractivity contribution is 0.660. The maximum absolute atomic E-state index is 2.55. The minimum absolute atomic E-state index is 0.0830. The molecular formula is C94H62N4. The van der Waals surface area contributed by atoms with Crippen LogP contribution in [-0.2, 0) is 10.8 Å². The molecule has 0 unspecified atom stereocenters. The molecule has 0 saturated heterocycles. The van der Waals surface area contributed by atoms with Gasteiger partial charge in [0.2, 0.25) is 0 Å². The minimum atomic E-state index is -0.525. The predicted molar refractivity (Wildman–Crippen MR) is 410 cm³/mol. The molecule has 4 heteroatoms. The summed E-state index contributed by atoms with van der Waals surface area (Å²) in [6, 6.07) is 128. The van der Waals surface area contributed by atoms with Crippen LogP contribution in [0.25, 0.3) is 154 Å². The quantitative estimate of drug-likeness (QED) is 0.144. The molecule has 0 aliphatic heterocycles. The molecule has 15 aromatic carbocycles. The van der Waals surface area contributed by atoms with Gasteiger partial charge in [-0.05, 0) is 169 Å². The van der Waals surface area contributed by atoms with Crippen molar-refractivity contribution in [2.24, 2.45) is 0 Å². The highest BCUT2D eigenvalue weighted by Crippen LogP contribution is 2.57. The Morgan fingerprint density at radius 3 is 1.29 bits per heavy atom. The fourth-order valence-corrected chi connectivity index (χ4v) is 18.1. The minimum Gasteiger partial charge on any atom is -0.309 e. The third-order valence-electron chi connectivity index (χ3n) is 22.2. The van der Waals surface area contributed by atoms with Crippen molar-refractivity contribution >= 4 is 87.2 Å². The molecule has 0 radical (unpaired) electrons. The summed E-state index contributed by atoms with van der Waals surface area (Å²) in [6.45, 7) is 4.72. The number of benzene rings is 15. The summed E-state index contributed by atoms with van der Waals surface area (Å²) in [4.78, 5) is 0. The number of rotatable bonds is 8. The molecule has 0 bridgehead atoms. The van der Waals surface area contributed by atoms with Gasteiger partial charge in [-0.2, -0.15) is 0 Å². The molecule has 0 N–H and O–H groups in total. The van der Waals surface area contributed by atoms with Gasteiger partial charge in [0.05, 0.1) is 60.9 Å². The Hall–Kier alpha value is -12.5. The third-order valence-corrected chi connectivity index (χ3v) is 22.2. The van der Waals surface area contributed by atoms with Gasteiger partial charge in [0.1, 0.15) is 0 Å². The zero-order valence-electron chi connectivity index (χ0n) is 54.1. The molecule has 0 spiro atoms. The second-order valence-electron chi connectivity index (χ2n) is 27.5. The van der Waals surface area contributed by atoms with Crippen molar-refractivity contribution in [3.05, 3.63) is 373 Å². The van der Waals surface area contributed by atoms with E-state index in [1.165, 1.54) is 132 Å². The van der Waals surface area contributed by atoms with Crippen molar-refractivity contribution in [3.63, 3.8) is 0 Å². The molecule has 21 rings (SSSR count). The highest BCUT2D eigenvalue weighted by atomic mass is 15.0. The molecule has 4 nitrogen and oxygen atoms in total. The van der Waals surface area contributed by atoms with Crippen LogP contribution in [0.3, 0.4) is 0 Å². The largest absolute Gasteiger partial charge is 0.309 e. The summed E-state index contributed by atoms with van der Waals surface area (Å²) in [6.07, 6.45) is 0. The highest BCUT2D eigenvalue weighted by Gasteiger charge is 2.46. The Morgan fingerprint density at radius 1 is 0.214 bits per heavy atom. The summed E-state index contributed by atoms with van der Waals surface area (Å²) in [7, 11) is 0. The van der Waals surface area contributed by atoms with Gasteiger partial charge >= 0.3 is 0 Å². The van der Waals surface area contributed by atoms with Gasteiger partial charge in [0, 0.05) is 59.9 Å². The molecule has 98 heavy (non-hydrogen) atoms. The first-order valence-electron chi connectivity index (χ1n) is 34.2. The van der Waals surface area contributed by atoms with E-state index in [-0.39, 0.29) is 5.41 Å². The van der Waals surface area contributed by atoms with Crippen molar-refractivity contribution in [2.45, 2.75) is 24.7 Å². The van der Waals surface area contributed by atoms with Crippen LogP contribution in [0.2, 0.25) is 0 Å². The van der Waals surface area contributed by atoms with Gasteiger partial charge in [-0.3, -0.25) is 0 Å². The summed E-state index contributed by atoms with van der Waals surface area (Å²) in [5.41, 5.74) is 30.7. The predicted octanol–water partition coefficient (Wildman–Crippen LogP) is 24.1. The van der Waals surface area contributed by atoms with Crippen LogP contribution < -0.4 is 0 Å². The third kappa shape index (κ3) is 7.49. The first-order chi connectivity index (χ1) is 48.4. The SMILES string of the molecule is CC1(C)c2ccccc2-c2cc(-c3cccc(-n4c5cc(-c6cc(-n7c8ccccc8c8ccccc87)c7c8ccccc8n(-c8ccc9c(c8)-c8ccccc8C9(c8ccccc8)c8ccccc8)c7c6)ccc5c5c(-n6c7ccccc7c7ccccc76)cccc54)c3)ccc21. The lowest BCUT2D eigenvalue weighted by Gasteiger charge is -2.33. The van der Waals surface area contributed by atoms with Crippen LogP contribution in [0.15, 0.2) is 340 Å². The van der Waals surface area contributed by atoms with E-state index in [1.54, 1.807) is 0 Å².